The van der Waals surface area contributed by atoms with Crippen molar-refractivity contribution in [3.63, 3.8) is 0 Å². The molecule has 106 valence electrons. The monoisotopic (exact) mass is 399 g/mol. The van der Waals surface area contributed by atoms with Crippen molar-refractivity contribution in [3.8, 4) is 0 Å². The summed E-state index contributed by atoms with van der Waals surface area (Å²) < 4.78 is 15.8. The lowest BCUT2D eigenvalue weighted by Crippen LogP contribution is -2.23. The van der Waals surface area contributed by atoms with Gasteiger partial charge in [0.25, 0.3) is 0 Å². The second-order valence-corrected chi connectivity index (χ2v) is 6.66. The largest absolute Gasteiger partial charge is 0.304 e. The molecule has 0 amide bonds. The van der Waals surface area contributed by atoms with E-state index in [9.17, 15) is 4.39 Å². The van der Waals surface area contributed by atoms with Crippen molar-refractivity contribution >= 4 is 31.9 Å². The highest BCUT2D eigenvalue weighted by atomic mass is 79.9. The lowest BCUT2D eigenvalue weighted by molar-refractivity contribution is 0.473. The normalized spacial score (nSPS) is 14.1. The molecule has 0 saturated carbocycles. The van der Waals surface area contributed by atoms with Crippen LogP contribution in [0, 0.1) is 5.82 Å². The Kier molecular flexibility index (Phi) is 5.35. The fourth-order valence-corrected chi connectivity index (χ4v) is 2.98. The van der Waals surface area contributed by atoms with E-state index in [2.05, 4.69) is 56.2 Å². The summed E-state index contributed by atoms with van der Waals surface area (Å²) in [4.78, 5) is 0. The van der Waals surface area contributed by atoms with Gasteiger partial charge in [-0.15, -0.1) is 0 Å². The molecule has 1 N–H and O–H groups in total. The third kappa shape index (κ3) is 3.90. The van der Waals surface area contributed by atoms with E-state index >= 15 is 0 Å². The third-order valence-corrected chi connectivity index (χ3v) is 4.26. The number of nitrogens with one attached hydrogen (secondary N) is 1. The van der Waals surface area contributed by atoms with Crippen molar-refractivity contribution in [1.29, 1.82) is 0 Å². The van der Waals surface area contributed by atoms with E-state index in [4.69, 9.17) is 0 Å². The molecular weight excluding hydrogens is 385 g/mol. The lowest BCUT2D eigenvalue weighted by Gasteiger charge is -2.21. The molecule has 0 aliphatic rings. The molecule has 1 nitrogen and oxygen atoms in total. The first kappa shape index (κ1) is 15.7. The maximum atomic E-state index is 13.9. The van der Waals surface area contributed by atoms with E-state index in [1.54, 1.807) is 6.07 Å². The molecule has 0 radical (unpaired) electrons. The van der Waals surface area contributed by atoms with Gasteiger partial charge in [-0.1, -0.05) is 44.0 Å². The summed E-state index contributed by atoms with van der Waals surface area (Å²) in [7, 11) is 0. The van der Waals surface area contributed by atoms with Crippen molar-refractivity contribution in [2.75, 3.05) is 0 Å². The van der Waals surface area contributed by atoms with E-state index in [1.165, 1.54) is 11.6 Å². The van der Waals surface area contributed by atoms with Crippen LogP contribution in [0.5, 0.6) is 0 Å². The Labute approximate surface area is 135 Å². The topological polar surface area (TPSA) is 12.0 Å². The van der Waals surface area contributed by atoms with Crippen LogP contribution < -0.4 is 5.32 Å². The number of hydrogen-bond acceptors (Lipinski definition) is 1. The summed E-state index contributed by atoms with van der Waals surface area (Å²) in [6.07, 6.45) is 0. The van der Waals surface area contributed by atoms with Gasteiger partial charge in [0.1, 0.15) is 5.82 Å². The zero-order valence-corrected chi connectivity index (χ0v) is 14.5. The molecule has 0 fully saturated rings. The molecule has 0 bridgehead atoms. The maximum Gasteiger partial charge on any atom is 0.128 e. The molecule has 20 heavy (non-hydrogen) atoms. The van der Waals surface area contributed by atoms with Crippen LogP contribution in [0.15, 0.2) is 51.4 Å². The number of hydrogen-bond donors (Lipinski definition) is 1. The zero-order chi connectivity index (χ0) is 14.7. The smallest absolute Gasteiger partial charge is 0.128 e. The van der Waals surface area contributed by atoms with Crippen molar-refractivity contribution in [3.05, 3.63) is 68.4 Å². The zero-order valence-electron chi connectivity index (χ0n) is 11.3. The van der Waals surface area contributed by atoms with Gasteiger partial charge in [0.2, 0.25) is 0 Å². The van der Waals surface area contributed by atoms with E-state index in [-0.39, 0.29) is 17.9 Å². The number of halogens is 3. The molecule has 2 aromatic rings. The van der Waals surface area contributed by atoms with Crippen LogP contribution >= 0.6 is 31.9 Å². The van der Waals surface area contributed by atoms with Crippen LogP contribution in [0.4, 0.5) is 4.39 Å². The van der Waals surface area contributed by atoms with Crippen LogP contribution in [-0.2, 0) is 0 Å². The lowest BCUT2D eigenvalue weighted by atomic mass is 10.0. The van der Waals surface area contributed by atoms with Crippen LogP contribution in [0.1, 0.15) is 37.1 Å². The van der Waals surface area contributed by atoms with Gasteiger partial charge in [-0.05, 0) is 49.7 Å². The van der Waals surface area contributed by atoms with E-state index in [1.807, 2.05) is 25.1 Å². The van der Waals surface area contributed by atoms with Gasteiger partial charge >= 0.3 is 0 Å². The average molecular weight is 401 g/mol. The second kappa shape index (κ2) is 6.83. The predicted molar refractivity (Wildman–Crippen MR) is 88.2 cm³/mol. The SMILES string of the molecule is CC(N[C@@H](C)c1cccc(Br)c1)c1cc(Br)ccc1F. The van der Waals surface area contributed by atoms with Crippen LogP contribution in [0.3, 0.4) is 0 Å². The van der Waals surface area contributed by atoms with Crippen LogP contribution in [-0.4, -0.2) is 0 Å². The summed E-state index contributed by atoms with van der Waals surface area (Å²) in [5.41, 5.74) is 1.84. The van der Waals surface area contributed by atoms with Crippen molar-refractivity contribution in [1.82, 2.24) is 5.32 Å². The summed E-state index contributed by atoms with van der Waals surface area (Å²) in [5.74, 6) is -0.186. The summed E-state index contributed by atoms with van der Waals surface area (Å²) in [6, 6.07) is 13.2. The Hall–Kier alpha value is -0.710. The Morgan fingerprint density at radius 1 is 0.950 bits per heavy atom. The number of benzene rings is 2. The standard InChI is InChI=1S/C16H16Br2FN/c1-10(12-4-3-5-13(17)8-12)20-11(2)15-9-14(18)6-7-16(15)19/h3-11,20H,1-2H3/t10-,11?/m0/s1. The predicted octanol–water partition coefficient (Wildman–Crippen LogP) is 5.76. The molecule has 0 aliphatic carbocycles. The number of rotatable bonds is 4. The minimum atomic E-state index is -0.186. The summed E-state index contributed by atoms with van der Waals surface area (Å²) in [6.45, 7) is 4.05. The van der Waals surface area contributed by atoms with Gasteiger partial charge < -0.3 is 5.32 Å². The molecule has 1 unspecified atom stereocenters. The summed E-state index contributed by atoms with van der Waals surface area (Å²) in [5, 5.41) is 3.43. The van der Waals surface area contributed by atoms with E-state index < -0.39 is 0 Å². The van der Waals surface area contributed by atoms with Gasteiger partial charge in [0, 0.05) is 26.6 Å². The second-order valence-electron chi connectivity index (χ2n) is 4.83. The summed E-state index contributed by atoms with van der Waals surface area (Å²) >= 11 is 6.85. The molecule has 0 heterocycles. The van der Waals surface area contributed by atoms with Gasteiger partial charge in [0.05, 0.1) is 0 Å². The molecule has 2 atom stereocenters. The first-order valence-electron chi connectivity index (χ1n) is 6.44. The quantitative estimate of drug-likeness (QED) is 0.687. The van der Waals surface area contributed by atoms with Gasteiger partial charge in [-0.2, -0.15) is 0 Å². The van der Waals surface area contributed by atoms with Crippen LogP contribution in [0.2, 0.25) is 0 Å². The highest BCUT2D eigenvalue weighted by Gasteiger charge is 2.15. The van der Waals surface area contributed by atoms with Crippen molar-refractivity contribution in [2.24, 2.45) is 0 Å². The maximum absolute atomic E-state index is 13.9. The third-order valence-electron chi connectivity index (χ3n) is 3.27. The highest BCUT2D eigenvalue weighted by molar-refractivity contribution is 9.10. The molecule has 0 spiro atoms. The highest BCUT2D eigenvalue weighted by Crippen LogP contribution is 2.25. The van der Waals surface area contributed by atoms with Gasteiger partial charge in [-0.25, -0.2) is 4.39 Å². The average Bonchev–Trinajstić information content (AvgIpc) is 2.41. The Morgan fingerprint density at radius 2 is 1.65 bits per heavy atom. The van der Waals surface area contributed by atoms with E-state index in [0.717, 1.165) is 8.95 Å². The first-order valence-corrected chi connectivity index (χ1v) is 8.02. The van der Waals surface area contributed by atoms with Crippen molar-refractivity contribution < 1.29 is 4.39 Å². The molecule has 0 saturated heterocycles. The van der Waals surface area contributed by atoms with Crippen molar-refractivity contribution in [2.45, 2.75) is 25.9 Å². The minimum Gasteiger partial charge on any atom is -0.304 e. The Bertz CT molecular complexity index is 601. The van der Waals surface area contributed by atoms with Gasteiger partial charge in [0.15, 0.2) is 0 Å². The molecule has 0 aromatic heterocycles. The fraction of sp³-hybridized carbons (Fsp3) is 0.250. The fourth-order valence-electron chi connectivity index (χ4n) is 2.18. The van der Waals surface area contributed by atoms with Crippen LogP contribution in [0.25, 0.3) is 0 Å². The molecule has 0 aliphatic heterocycles. The molecular formula is C16H16Br2FN. The molecule has 2 aromatic carbocycles. The Morgan fingerprint density at radius 3 is 2.35 bits per heavy atom. The minimum absolute atomic E-state index is 0.0681. The van der Waals surface area contributed by atoms with E-state index in [0.29, 0.717) is 5.56 Å². The Balaban J connectivity index is 2.15. The van der Waals surface area contributed by atoms with Gasteiger partial charge in [-0.3, -0.25) is 0 Å². The molecule has 2 rings (SSSR count). The first-order chi connectivity index (χ1) is 9.47. The molecule has 4 heteroatoms.